The molecular formula is C5H2Cl5N. The molecule has 0 spiro atoms. The molecule has 1 N–H and O–H groups in total. The highest BCUT2D eigenvalue weighted by Crippen LogP contribution is 2.26. The Morgan fingerprint density at radius 3 is 1.64 bits per heavy atom. The average Bonchev–Trinajstić information content (AvgIpc) is 1.85. The quantitative estimate of drug-likeness (QED) is 0.563. The first-order valence-corrected chi connectivity index (χ1v) is 4.21. The number of hydrogen-bond donors (Lipinski definition) is 1. The molecule has 1 nitrogen and oxygen atoms in total. The molecule has 0 aromatic heterocycles. The second kappa shape index (κ2) is 5.28. The van der Waals surface area contributed by atoms with Crippen molar-refractivity contribution in [1.29, 1.82) is 5.41 Å². The van der Waals surface area contributed by atoms with Crippen LogP contribution in [0.4, 0.5) is 0 Å². The summed E-state index contributed by atoms with van der Waals surface area (Å²) in [6, 6.07) is 0. The number of rotatable bonds is 2. The van der Waals surface area contributed by atoms with Crippen molar-refractivity contribution in [2.24, 2.45) is 0 Å². The van der Waals surface area contributed by atoms with Crippen molar-refractivity contribution < 1.29 is 0 Å². The highest BCUT2D eigenvalue weighted by atomic mass is 35.5. The van der Waals surface area contributed by atoms with E-state index in [4.69, 9.17) is 63.4 Å². The van der Waals surface area contributed by atoms with Crippen LogP contribution >= 0.6 is 58.0 Å². The normalized spacial score (nSPS) is 11.2. The molecule has 0 radical (unpaired) electrons. The van der Waals surface area contributed by atoms with Crippen molar-refractivity contribution in [2.75, 3.05) is 0 Å². The van der Waals surface area contributed by atoms with E-state index in [2.05, 4.69) is 0 Å². The maximum absolute atomic E-state index is 6.97. The van der Waals surface area contributed by atoms with Gasteiger partial charge in [0, 0.05) is 5.54 Å². The number of allylic oxidation sites excluding steroid dienone is 2. The summed E-state index contributed by atoms with van der Waals surface area (Å²) in [5, 5.41) is 6.65. The summed E-state index contributed by atoms with van der Waals surface area (Å²) < 4.78 is -0.188. The number of nitrogens with one attached hydrogen (secondary N) is 1. The summed E-state index contributed by atoms with van der Waals surface area (Å²) in [7, 11) is 0. The van der Waals surface area contributed by atoms with Crippen molar-refractivity contribution in [3.63, 3.8) is 0 Å². The highest BCUT2D eigenvalue weighted by molar-refractivity contribution is 6.73. The highest BCUT2D eigenvalue weighted by Gasteiger charge is 2.10. The fraction of sp³-hybridized carbons (Fsp3) is 0. The van der Waals surface area contributed by atoms with Crippen molar-refractivity contribution in [3.05, 3.63) is 20.6 Å². The Labute approximate surface area is 89.0 Å². The zero-order valence-electron chi connectivity index (χ0n) is 4.97. The Bertz CT molecular complexity index is 225. The maximum atomic E-state index is 6.97. The van der Waals surface area contributed by atoms with Gasteiger partial charge in [0.15, 0.2) is 0 Å². The van der Waals surface area contributed by atoms with Gasteiger partial charge in [-0.05, 0) is 0 Å². The molecule has 6 heteroatoms. The Morgan fingerprint density at radius 2 is 1.55 bits per heavy atom. The lowest BCUT2D eigenvalue weighted by molar-refractivity contribution is 1.53. The summed E-state index contributed by atoms with van der Waals surface area (Å²) in [6.45, 7) is 0. The smallest absolute Gasteiger partial charge is 0.132 e. The van der Waals surface area contributed by atoms with Gasteiger partial charge in [0.25, 0.3) is 0 Å². The van der Waals surface area contributed by atoms with Crippen LogP contribution in [0.15, 0.2) is 20.6 Å². The van der Waals surface area contributed by atoms with Gasteiger partial charge in [-0.2, -0.15) is 0 Å². The van der Waals surface area contributed by atoms with E-state index in [1.807, 2.05) is 0 Å². The van der Waals surface area contributed by atoms with E-state index >= 15 is 0 Å². The Morgan fingerprint density at radius 1 is 1.09 bits per heavy atom. The lowest BCUT2D eigenvalue weighted by atomic mass is 10.3. The van der Waals surface area contributed by atoms with Gasteiger partial charge in [-0.3, -0.25) is 5.41 Å². The monoisotopic (exact) mass is 251 g/mol. The lowest BCUT2D eigenvalue weighted by Gasteiger charge is -1.99. The summed E-state index contributed by atoms with van der Waals surface area (Å²) >= 11 is 26.7. The van der Waals surface area contributed by atoms with Gasteiger partial charge in [-0.1, -0.05) is 58.0 Å². The maximum Gasteiger partial charge on any atom is 0.132 e. The third-order valence-electron chi connectivity index (χ3n) is 0.743. The van der Waals surface area contributed by atoms with Crippen LogP contribution in [-0.4, -0.2) is 5.17 Å². The number of halogens is 5. The van der Waals surface area contributed by atoms with E-state index in [9.17, 15) is 0 Å². The van der Waals surface area contributed by atoms with Crippen LogP contribution in [0.2, 0.25) is 0 Å². The van der Waals surface area contributed by atoms with E-state index in [0.717, 1.165) is 5.54 Å². The molecule has 0 aromatic rings. The standard InChI is InChI=1S/C5H2Cl5N/c6-1-2(7)3(4(8)9)5(10)11/h1,11H. The predicted molar refractivity (Wildman–Crippen MR) is 52.1 cm³/mol. The fourth-order valence-corrected chi connectivity index (χ4v) is 1.46. The van der Waals surface area contributed by atoms with Gasteiger partial charge >= 0.3 is 0 Å². The molecular weight excluding hydrogens is 251 g/mol. The minimum absolute atomic E-state index is 0.0201. The van der Waals surface area contributed by atoms with Crippen LogP contribution in [0.1, 0.15) is 0 Å². The predicted octanol–water partition coefficient (Wildman–Crippen LogP) is 4.21. The summed E-state index contributed by atoms with van der Waals surface area (Å²) in [4.78, 5) is 0. The van der Waals surface area contributed by atoms with Crippen molar-refractivity contribution in [2.45, 2.75) is 0 Å². The summed E-state index contributed by atoms with van der Waals surface area (Å²) in [5.74, 6) is 0. The van der Waals surface area contributed by atoms with E-state index in [-0.39, 0.29) is 20.3 Å². The summed E-state index contributed by atoms with van der Waals surface area (Å²) in [6.07, 6.45) is 0. The van der Waals surface area contributed by atoms with Crippen molar-refractivity contribution in [1.82, 2.24) is 0 Å². The molecule has 0 amide bonds. The Balaban J connectivity index is 4.95. The van der Waals surface area contributed by atoms with Gasteiger partial charge in [-0.15, -0.1) is 0 Å². The molecule has 0 rings (SSSR count). The van der Waals surface area contributed by atoms with E-state index in [1.54, 1.807) is 0 Å². The molecule has 0 heterocycles. The van der Waals surface area contributed by atoms with Crippen LogP contribution < -0.4 is 0 Å². The molecule has 0 saturated carbocycles. The first kappa shape index (κ1) is 11.6. The Hall–Kier alpha value is 0.600. The molecule has 0 aliphatic carbocycles. The first-order valence-electron chi connectivity index (χ1n) is 2.26. The molecule has 62 valence electrons. The minimum atomic E-state index is -0.355. The third kappa shape index (κ3) is 3.68. The van der Waals surface area contributed by atoms with Crippen LogP contribution in [0.5, 0.6) is 0 Å². The van der Waals surface area contributed by atoms with Gasteiger partial charge in [-0.25, -0.2) is 0 Å². The largest absolute Gasteiger partial charge is 0.289 e. The van der Waals surface area contributed by atoms with E-state index in [0.29, 0.717) is 0 Å². The van der Waals surface area contributed by atoms with Crippen LogP contribution in [0.25, 0.3) is 0 Å². The van der Waals surface area contributed by atoms with Crippen LogP contribution in [-0.2, 0) is 0 Å². The van der Waals surface area contributed by atoms with Gasteiger partial charge in [0.1, 0.15) is 9.66 Å². The molecule has 0 unspecified atom stereocenters. The van der Waals surface area contributed by atoms with Crippen LogP contribution in [0.3, 0.4) is 0 Å². The van der Waals surface area contributed by atoms with Crippen LogP contribution in [0, 0.1) is 5.41 Å². The van der Waals surface area contributed by atoms with Gasteiger partial charge in [0.05, 0.1) is 10.6 Å². The third-order valence-corrected chi connectivity index (χ3v) is 1.94. The second-order valence-electron chi connectivity index (χ2n) is 1.41. The lowest BCUT2D eigenvalue weighted by Crippen LogP contribution is -1.92. The molecule has 0 bridgehead atoms. The molecule has 0 aliphatic rings. The van der Waals surface area contributed by atoms with Crippen molar-refractivity contribution >= 4 is 63.2 Å². The molecule has 0 fully saturated rings. The molecule has 0 saturated heterocycles. The molecule has 11 heavy (non-hydrogen) atoms. The topological polar surface area (TPSA) is 23.9 Å². The van der Waals surface area contributed by atoms with Crippen molar-refractivity contribution in [3.8, 4) is 0 Å². The SMILES string of the molecule is N=C(Cl)C(C(Cl)=CCl)=C(Cl)Cl. The van der Waals surface area contributed by atoms with Gasteiger partial charge < -0.3 is 0 Å². The Kier molecular flexibility index (Phi) is 5.57. The first-order chi connectivity index (χ1) is 5.00. The van der Waals surface area contributed by atoms with E-state index in [1.165, 1.54) is 0 Å². The zero-order valence-corrected chi connectivity index (χ0v) is 8.75. The van der Waals surface area contributed by atoms with Gasteiger partial charge in [0.2, 0.25) is 0 Å². The summed E-state index contributed by atoms with van der Waals surface area (Å²) in [5.41, 5.74) is 1.05. The zero-order chi connectivity index (χ0) is 9.02. The fourth-order valence-electron chi connectivity index (χ4n) is 0.333. The molecule has 0 atom stereocenters. The molecule has 0 aromatic carbocycles. The van der Waals surface area contributed by atoms with E-state index < -0.39 is 0 Å². The molecule has 0 aliphatic heterocycles. The minimum Gasteiger partial charge on any atom is -0.289 e. The number of hydrogen-bond acceptors (Lipinski definition) is 1. The second-order valence-corrected chi connectivity index (χ2v) is 3.36. The average molecular weight is 253 g/mol.